The molecule has 2 aromatic carbocycles. The number of carbonyl (C=O) groups excluding carboxylic acids is 5. The third-order valence-electron chi connectivity index (χ3n) is 12.6. The smallest absolute Gasteiger partial charge is 0.267 e. The maximum Gasteiger partial charge on any atom is 0.267 e. The molecule has 3 atom stereocenters. The highest BCUT2D eigenvalue weighted by atomic mass is 35.5. The number of para-hydroxylation sites is 1. The summed E-state index contributed by atoms with van der Waals surface area (Å²) in [6.45, 7) is 15.1. The van der Waals surface area contributed by atoms with Gasteiger partial charge in [-0.2, -0.15) is 0 Å². The predicted octanol–water partition coefficient (Wildman–Crippen LogP) is 5.92. The molecule has 2 fully saturated rings. The fraction of sp³-hybridized carbons (Fsp3) is 0.481. The number of amides is 5. The Morgan fingerprint density at radius 3 is 2.24 bits per heavy atom. The van der Waals surface area contributed by atoms with Crippen molar-refractivity contribution in [3.8, 4) is 10.4 Å². The van der Waals surface area contributed by atoms with Gasteiger partial charge in [0.05, 0.1) is 85.2 Å². The van der Waals surface area contributed by atoms with Crippen LogP contribution in [-0.4, -0.2) is 155 Å². The number of benzene rings is 2. The van der Waals surface area contributed by atoms with E-state index in [1.54, 1.807) is 24.3 Å². The molecule has 3 aromatic heterocycles. The number of anilines is 4. The minimum atomic E-state index is -0.947. The number of rotatable bonds is 23. The number of aliphatic hydroxyl groups excluding tert-OH is 1. The maximum atomic E-state index is 14.0. The van der Waals surface area contributed by atoms with Crippen LogP contribution in [0.25, 0.3) is 10.4 Å². The lowest BCUT2D eigenvalue weighted by Crippen LogP contribution is -2.57. The van der Waals surface area contributed by atoms with E-state index in [-0.39, 0.29) is 82.4 Å². The first-order chi connectivity index (χ1) is 35.9. The Hall–Kier alpha value is -6.14. The zero-order valence-corrected chi connectivity index (χ0v) is 45.5. The van der Waals surface area contributed by atoms with Gasteiger partial charge >= 0.3 is 0 Å². The molecular formula is C52H66ClN11O9S2. The van der Waals surface area contributed by atoms with Gasteiger partial charge in [0.25, 0.3) is 5.91 Å². The Balaban J connectivity index is 0.736. The number of hydrogen-bond acceptors (Lipinski definition) is 17. The third-order valence-corrected chi connectivity index (χ3v) is 14.8. The van der Waals surface area contributed by atoms with Gasteiger partial charge in [0.15, 0.2) is 5.13 Å². The summed E-state index contributed by atoms with van der Waals surface area (Å²) in [5, 5.41) is 23.4. The molecule has 0 radical (unpaired) electrons. The van der Waals surface area contributed by atoms with Gasteiger partial charge < -0.3 is 55.3 Å². The summed E-state index contributed by atoms with van der Waals surface area (Å²) >= 11 is 9.05. The van der Waals surface area contributed by atoms with Crippen molar-refractivity contribution in [2.75, 3.05) is 87.9 Å². The molecule has 2 saturated heterocycles. The first-order valence-electron chi connectivity index (χ1n) is 24.9. The maximum absolute atomic E-state index is 14.0. The molecular weight excluding hydrogens is 1020 g/mol. The second kappa shape index (κ2) is 26.6. The highest BCUT2D eigenvalue weighted by Gasteiger charge is 2.44. The van der Waals surface area contributed by atoms with E-state index in [0.29, 0.717) is 77.6 Å². The van der Waals surface area contributed by atoms with Crippen LogP contribution < -0.4 is 26.2 Å². The van der Waals surface area contributed by atoms with Gasteiger partial charge in [-0.25, -0.2) is 19.9 Å². The standard InChI is InChI=1S/C52H66ClN11O9S2/c1-32-8-7-9-38(53)45(32)61-49(69)40-29-55-51(75-40)59-41-27-42(58-34(3)57-41)62-16-18-63(19-17-62)44(67)15-21-72-23-25-73-24-22-71-20-14-43(66)60-47(52(4,5)6)50(70)64-30-37(65)26-39(64)48(68)54-28-35-10-12-36(13-11-35)46-33(2)56-31-74-46/h7-13,27,29,31,37,39,47,65H,14-26,28,30H2,1-6H3,(H,54,68)(H,60,66)(H,61,69)(H,55,57,58,59). The van der Waals surface area contributed by atoms with Gasteiger partial charge in [0.1, 0.15) is 34.4 Å². The largest absolute Gasteiger partial charge is 0.391 e. The van der Waals surface area contributed by atoms with Crippen molar-refractivity contribution < 1.29 is 43.3 Å². The molecule has 0 aliphatic carbocycles. The lowest BCUT2D eigenvalue weighted by atomic mass is 9.85. The molecule has 0 saturated carbocycles. The molecule has 3 unspecified atom stereocenters. The van der Waals surface area contributed by atoms with Gasteiger partial charge in [-0.3, -0.25) is 24.0 Å². The number of β-amino-alcohol motifs (C(OH)–C–C–N with tert-alkyl or cyclic N) is 1. The zero-order chi connectivity index (χ0) is 53.6. The average molecular weight is 1090 g/mol. The fourth-order valence-corrected chi connectivity index (χ4v) is 10.3. The topological polar surface area (TPSA) is 243 Å². The van der Waals surface area contributed by atoms with Crippen molar-refractivity contribution in [3.63, 3.8) is 0 Å². The number of aryl methyl sites for hydroxylation is 3. The molecule has 20 nitrogen and oxygen atoms in total. The molecule has 5 aromatic rings. The number of hydrogen-bond donors (Lipinski definition) is 5. The van der Waals surface area contributed by atoms with Crippen LogP contribution in [0.3, 0.4) is 0 Å². The second-order valence-corrected chi connectivity index (χ2v) is 21.6. The SMILES string of the molecule is Cc1nc(Nc2ncc(C(=O)Nc3c(C)cccc3Cl)s2)cc(N2CCN(C(=O)CCOCCOCCOCCC(=O)NC(C(=O)N3CC(O)CC3C(=O)NCc3ccc(-c4scnc4C)cc3)C(C)(C)C)CC2)n1. The normalized spacial score (nSPS) is 16.2. The minimum Gasteiger partial charge on any atom is -0.391 e. The van der Waals surface area contributed by atoms with E-state index in [2.05, 4.69) is 46.1 Å². The van der Waals surface area contributed by atoms with Gasteiger partial charge in [-0.1, -0.05) is 80.1 Å². The van der Waals surface area contributed by atoms with Crippen LogP contribution in [0.4, 0.5) is 22.5 Å². The Labute approximate surface area is 449 Å². The number of aliphatic hydroxyl groups is 1. The highest BCUT2D eigenvalue weighted by molar-refractivity contribution is 7.17. The summed E-state index contributed by atoms with van der Waals surface area (Å²) in [4.78, 5) is 91.1. The van der Waals surface area contributed by atoms with E-state index in [4.69, 9.17) is 25.8 Å². The van der Waals surface area contributed by atoms with Crippen molar-refractivity contribution in [1.29, 1.82) is 0 Å². The van der Waals surface area contributed by atoms with Crippen LogP contribution in [0.15, 0.2) is 60.2 Å². The van der Waals surface area contributed by atoms with Gasteiger partial charge in [0.2, 0.25) is 23.6 Å². The molecule has 0 bridgehead atoms. The Morgan fingerprint density at radius 1 is 0.880 bits per heavy atom. The second-order valence-electron chi connectivity index (χ2n) is 19.3. The van der Waals surface area contributed by atoms with Gasteiger partial charge in [-0.15, -0.1) is 11.3 Å². The number of ether oxygens (including phenoxy) is 3. The molecule has 0 spiro atoms. The van der Waals surface area contributed by atoms with Crippen LogP contribution in [0.1, 0.15) is 72.4 Å². The summed E-state index contributed by atoms with van der Waals surface area (Å²) in [7, 11) is 0. The molecule has 2 aliphatic rings. The number of piperazine rings is 1. The molecule has 7 rings (SSSR count). The number of carbonyl (C=O) groups is 5. The minimum absolute atomic E-state index is 0.000678. The van der Waals surface area contributed by atoms with Gasteiger partial charge in [-0.05, 0) is 48.9 Å². The molecule has 2 aliphatic heterocycles. The summed E-state index contributed by atoms with van der Waals surface area (Å²) in [5.41, 5.74) is 5.42. The van der Waals surface area contributed by atoms with Crippen molar-refractivity contribution in [1.82, 2.24) is 40.4 Å². The molecule has 75 heavy (non-hydrogen) atoms. The predicted molar refractivity (Wildman–Crippen MR) is 288 cm³/mol. The first kappa shape index (κ1) is 56.6. The number of halogens is 1. The summed E-state index contributed by atoms with van der Waals surface area (Å²) in [5.74, 6) is 0.304. The van der Waals surface area contributed by atoms with E-state index < -0.39 is 29.5 Å². The van der Waals surface area contributed by atoms with Crippen LogP contribution >= 0.6 is 34.3 Å². The summed E-state index contributed by atoms with van der Waals surface area (Å²) in [6.07, 6.45) is 0.958. The third kappa shape index (κ3) is 15.9. The van der Waals surface area contributed by atoms with E-state index in [0.717, 1.165) is 27.3 Å². The molecule has 5 N–H and O–H groups in total. The molecule has 402 valence electrons. The highest BCUT2D eigenvalue weighted by Crippen LogP contribution is 2.31. The van der Waals surface area contributed by atoms with Crippen molar-refractivity contribution in [3.05, 3.63) is 92.8 Å². The zero-order valence-electron chi connectivity index (χ0n) is 43.2. The van der Waals surface area contributed by atoms with Crippen LogP contribution in [0.5, 0.6) is 0 Å². The molecule has 5 heterocycles. The van der Waals surface area contributed by atoms with Crippen molar-refractivity contribution in [2.45, 2.75) is 85.5 Å². The fourth-order valence-electron chi connectivity index (χ4n) is 8.51. The van der Waals surface area contributed by atoms with Gasteiger partial charge in [0, 0.05) is 58.2 Å². The Kier molecular flexibility index (Phi) is 20.0. The van der Waals surface area contributed by atoms with Crippen LogP contribution in [0.2, 0.25) is 5.02 Å². The quantitative estimate of drug-likeness (QED) is 0.0477. The number of nitrogens with one attached hydrogen (secondary N) is 4. The molecule has 5 amide bonds. The molecule has 23 heteroatoms. The monoisotopic (exact) mass is 1090 g/mol. The van der Waals surface area contributed by atoms with E-state index in [1.165, 1.54) is 22.4 Å². The van der Waals surface area contributed by atoms with E-state index >= 15 is 0 Å². The van der Waals surface area contributed by atoms with Crippen molar-refractivity contribution in [2.24, 2.45) is 5.41 Å². The number of aromatic nitrogens is 4. The lowest BCUT2D eigenvalue weighted by molar-refractivity contribution is -0.144. The lowest BCUT2D eigenvalue weighted by Gasteiger charge is -2.35. The Morgan fingerprint density at radius 2 is 1.57 bits per heavy atom. The van der Waals surface area contributed by atoms with Crippen LogP contribution in [0, 0.1) is 26.2 Å². The summed E-state index contributed by atoms with van der Waals surface area (Å²) in [6, 6.07) is 13.3. The number of thiazole rings is 2. The van der Waals surface area contributed by atoms with E-state index in [1.807, 2.05) is 87.5 Å². The number of likely N-dealkylation sites (tertiary alicyclic amines) is 1. The van der Waals surface area contributed by atoms with Crippen molar-refractivity contribution >= 4 is 86.3 Å². The average Bonchev–Trinajstić information content (AvgIpc) is 4.14. The first-order valence-corrected chi connectivity index (χ1v) is 27.0. The van der Waals surface area contributed by atoms with Crippen LogP contribution in [-0.2, 0) is 39.9 Å². The Bertz CT molecular complexity index is 2740. The van der Waals surface area contributed by atoms with E-state index in [9.17, 15) is 29.1 Å². The summed E-state index contributed by atoms with van der Waals surface area (Å²) < 4.78 is 16.9. The number of nitrogens with zero attached hydrogens (tertiary/aromatic N) is 7.